The average Bonchev–Trinajstić information content (AvgIpc) is 2.38. The van der Waals surface area contributed by atoms with Gasteiger partial charge in [0.1, 0.15) is 11.4 Å². The number of methoxy groups -OCH3 is 1. The van der Waals surface area contributed by atoms with E-state index in [9.17, 15) is 14.4 Å². The topological polar surface area (TPSA) is 82.6 Å². The Bertz CT molecular complexity index is 515. The summed E-state index contributed by atoms with van der Waals surface area (Å²) in [4.78, 5) is 38.3. The van der Waals surface area contributed by atoms with Crippen molar-refractivity contribution in [2.24, 2.45) is 0 Å². The van der Waals surface area contributed by atoms with Crippen LogP contribution in [0.4, 0.5) is 0 Å². The van der Waals surface area contributed by atoms with Crippen molar-refractivity contribution >= 4 is 33.5 Å². The Balaban J connectivity index is 2.84. The molecule has 0 fully saturated rings. The van der Waals surface area contributed by atoms with Gasteiger partial charge in [-0.15, -0.1) is 0 Å². The molecule has 0 N–H and O–H groups in total. The van der Waals surface area contributed by atoms with Crippen LogP contribution in [0.15, 0.2) is 16.7 Å². The van der Waals surface area contributed by atoms with E-state index in [1.165, 1.54) is 13.3 Å². The van der Waals surface area contributed by atoms with Crippen molar-refractivity contribution in [1.82, 2.24) is 4.98 Å². The van der Waals surface area contributed by atoms with E-state index in [2.05, 4.69) is 25.7 Å². The number of hydrogen-bond donors (Lipinski definition) is 0. The molecular formula is C12H12BrNO5. The maximum Gasteiger partial charge on any atom is 0.375 e. The number of carbonyl (C=O) groups excluding carboxylic acids is 3. The molecule has 0 saturated heterocycles. The number of hydrogen-bond acceptors (Lipinski definition) is 6. The molecule has 0 aliphatic carbocycles. The van der Waals surface area contributed by atoms with Crippen LogP contribution in [0.3, 0.4) is 0 Å². The van der Waals surface area contributed by atoms with Crippen molar-refractivity contribution < 1.29 is 23.9 Å². The second kappa shape index (κ2) is 6.98. The molecule has 1 rings (SSSR count). The van der Waals surface area contributed by atoms with Gasteiger partial charge in [-0.25, -0.2) is 9.78 Å². The van der Waals surface area contributed by atoms with Gasteiger partial charge in [0.25, 0.3) is 0 Å². The van der Waals surface area contributed by atoms with Gasteiger partial charge in [-0.2, -0.15) is 0 Å². The molecule has 1 aromatic heterocycles. The second-order valence-electron chi connectivity index (χ2n) is 3.45. The molecule has 0 aromatic carbocycles. The number of esters is 1. The summed E-state index contributed by atoms with van der Waals surface area (Å²) in [5.74, 6) is -2.29. The summed E-state index contributed by atoms with van der Waals surface area (Å²) < 4.78 is 10.1. The number of ether oxygens (including phenoxy) is 2. The standard InChI is InChI=1S/C12H12BrNO5/c1-3-19-12(17)9(16)5-8(15)11-10(18-2)4-7(13)6-14-11/h4,6H,3,5H2,1-2H3. The minimum Gasteiger partial charge on any atom is -0.494 e. The van der Waals surface area contributed by atoms with Crippen molar-refractivity contribution in [1.29, 1.82) is 0 Å². The fraction of sp³-hybridized carbons (Fsp3) is 0.333. The molecule has 0 radical (unpaired) electrons. The van der Waals surface area contributed by atoms with E-state index in [1.54, 1.807) is 13.0 Å². The first-order valence-corrected chi connectivity index (χ1v) is 6.21. The third kappa shape index (κ3) is 4.13. The molecule has 0 bridgehead atoms. The van der Waals surface area contributed by atoms with Gasteiger partial charge >= 0.3 is 5.97 Å². The Morgan fingerprint density at radius 1 is 1.37 bits per heavy atom. The highest BCUT2D eigenvalue weighted by Crippen LogP contribution is 2.22. The average molecular weight is 330 g/mol. The zero-order valence-corrected chi connectivity index (χ0v) is 12.0. The lowest BCUT2D eigenvalue weighted by Crippen LogP contribution is -2.21. The molecule has 0 unspecified atom stereocenters. The predicted molar refractivity (Wildman–Crippen MR) is 69.1 cm³/mol. The normalized spacial score (nSPS) is 9.84. The summed E-state index contributed by atoms with van der Waals surface area (Å²) >= 11 is 3.19. The highest BCUT2D eigenvalue weighted by molar-refractivity contribution is 9.10. The first-order chi connectivity index (χ1) is 8.99. The van der Waals surface area contributed by atoms with Gasteiger partial charge in [-0.1, -0.05) is 0 Å². The molecule has 1 aromatic rings. The zero-order chi connectivity index (χ0) is 14.4. The van der Waals surface area contributed by atoms with E-state index < -0.39 is 24.0 Å². The molecule has 0 saturated carbocycles. The third-order valence-corrected chi connectivity index (χ3v) is 2.56. The van der Waals surface area contributed by atoms with Crippen LogP contribution in [0.25, 0.3) is 0 Å². The van der Waals surface area contributed by atoms with Crippen LogP contribution in [0.1, 0.15) is 23.8 Å². The van der Waals surface area contributed by atoms with Crippen LogP contribution in [0.5, 0.6) is 5.75 Å². The molecule has 0 aliphatic rings. The molecule has 6 nitrogen and oxygen atoms in total. The Labute approximate surface area is 118 Å². The molecule has 0 aliphatic heterocycles. The van der Waals surface area contributed by atoms with Crippen molar-refractivity contribution in [3.63, 3.8) is 0 Å². The number of carbonyl (C=O) groups is 3. The quantitative estimate of drug-likeness (QED) is 0.341. The minimum atomic E-state index is -1.02. The van der Waals surface area contributed by atoms with Gasteiger partial charge < -0.3 is 9.47 Å². The molecule has 0 amide bonds. The summed E-state index contributed by atoms with van der Waals surface area (Å²) in [6.07, 6.45) is 0.814. The number of pyridine rings is 1. The molecule has 1 heterocycles. The zero-order valence-electron chi connectivity index (χ0n) is 10.4. The molecule has 0 spiro atoms. The Morgan fingerprint density at radius 2 is 2.05 bits per heavy atom. The van der Waals surface area contributed by atoms with Crippen LogP contribution in [0.2, 0.25) is 0 Å². The summed E-state index contributed by atoms with van der Waals surface area (Å²) in [6.45, 7) is 1.66. The van der Waals surface area contributed by atoms with E-state index in [1.807, 2.05) is 0 Å². The second-order valence-corrected chi connectivity index (χ2v) is 4.36. The number of rotatable bonds is 6. The van der Waals surface area contributed by atoms with Crippen molar-refractivity contribution in [3.8, 4) is 5.75 Å². The summed E-state index contributed by atoms with van der Waals surface area (Å²) in [5, 5.41) is 0. The first kappa shape index (κ1) is 15.3. The van der Waals surface area contributed by atoms with Gasteiger partial charge in [0, 0.05) is 10.7 Å². The van der Waals surface area contributed by atoms with Crippen molar-refractivity contribution in [2.45, 2.75) is 13.3 Å². The van der Waals surface area contributed by atoms with E-state index in [0.717, 1.165) is 0 Å². The lowest BCUT2D eigenvalue weighted by Gasteiger charge is -2.06. The van der Waals surface area contributed by atoms with Crippen LogP contribution < -0.4 is 4.74 Å². The highest BCUT2D eigenvalue weighted by atomic mass is 79.9. The maximum atomic E-state index is 11.9. The van der Waals surface area contributed by atoms with Gasteiger partial charge in [-0.3, -0.25) is 9.59 Å². The van der Waals surface area contributed by atoms with Crippen LogP contribution in [-0.4, -0.2) is 36.2 Å². The summed E-state index contributed by atoms with van der Waals surface area (Å²) in [7, 11) is 1.38. The van der Waals surface area contributed by atoms with Crippen LogP contribution in [-0.2, 0) is 14.3 Å². The van der Waals surface area contributed by atoms with Crippen molar-refractivity contribution in [2.75, 3.05) is 13.7 Å². The van der Waals surface area contributed by atoms with E-state index in [-0.39, 0.29) is 18.1 Å². The molecular weight excluding hydrogens is 318 g/mol. The van der Waals surface area contributed by atoms with E-state index >= 15 is 0 Å². The van der Waals surface area contributed by atoms with Gasteiger partial charge in [0.2, 0.25) is 5.78 Å². The number of Topliss-reactive ketones (excluding diaryl/α,β-unsaturated/α-hetero) is 2. The smallest absolute Gasteiger partial charge is 0.375 e. The maximum absolute atomic E-state index is 11.9. The van der Waals surface area contributed by atoms with Crippen molar-refractivity contribution in [3.05, 3.63) is 22.4 Å². The fourth-order valence-corrected chi connectivity index (χ4v) is 1.61. The lowest BCUT2D eigenvalue weighted by atomic mass is 10.1. The highest BCUT2D eigenvalue weighted by Gasteiger charge is 2.23. The Kier molecular flexibility index (Phi) is 5.62. The van der Waals surface area contributed by atoms with Gasteiger partial charge in [0.15, 0.2) is 5.78 Å². The molecule has 0 atom stereocenters. The lowest BCUT2D eigenvalue weighted by molar-refractivity contribution is -0.153. The number of ketones is 2. The molecule has 19 heavy (non-hydrogen) atoms. The predicted octanol–water partition coefficient (Wildman–Crippen LogP) is 1.56. The molecule has 102 valence electrons. The number of aromatic nitrogens is 1. The largest absolute Gasteiger partial charge is 0.494 e. The number of halogens is 1. The van der Waals surface area contributed by atoms with Crippen LogP contribution >= 0.6 is 15.9 Å². The monoisotopic (exact) mass is 329 g/mol. The number of nitrogens with zero attached hydrogens (tertiary/aromatic N) is 1. The van der Waals surface area contributed by atoms with Gasteiger partial charge in [0.05, 0.1) is 20.1 Å². The minimum absolute atomic E-state index is 0.00310. The van der Waals surface area contributed by atoms with E-state index in [0.29, 0.717) is 4.47 Å². The summed E-state index contributed by atoms with van der Waals surface area (Å²) in [6, 6.07) is 1.55. The summed E-state index contributed by atoms with van der Waals surface area (Å²) in [5.41, 5.74) is 0.00310. The van der Waals surface area contributed by atoms with Crippen LogP contribution in [0, 0.1) is 0 Å². The fourth-order valence-electron chi connectivity index (χ4n) is 1.30. The molecule has 7 heteroatoms. The van der Waals surface area contributed by atoms with Gasteiger partial charge in [-0.05, 0) is 28.9 Å². The van der Waals surface area contributed by atoms with E-state index in [4.69, 9.17) is 4.74 Å². The Morgan fingerprint density at radius 3 is 2.63 bits per heavy atom. The Hall–Kier alpha value is -1.76. The first-order valence-electron chi connectivity index (χ1n) is 5.42. The SMILES string of the molecule is CCOC(=O)C(=O)CC(=O)c1ncc(Br)cc1OC. The third-order valence-electron chi connectivity index (χ3n) is 2.13.